The second-order valence-corrected chi connectivity index (χ2v) is 7.59. The highest BCUT2D eigenvalue weighted by Gasteiger charge is 2.31. The summed E-state index contributed by atoms with van der Waals surface area (Å²) in [6.45, 7) is 10.5. The van der Waals surface area contributed by atoms with Gasteiger partial charge in [0.05, 0.1) is 18.1 Å². The van der Waals surface area contributed by atoms with Gasteiger partial charge in [-0.05, 0) is 18.3 Å². The van der Waals surface area contributed by atoms with Gasteiger partial charge in [-0.2, -0.15) is 9.97 Å². The molecule has 1 aromatic rings. The summed E-state index contributed by atoms with van der Waals surface area (Å²) in [5, 5.41) is 14.7. The van der Waals surface area contributed by atoms with Crippen LogP contribution in [0.1, 0.15) is 20.3 Å². The predicted molar refractivity (Wildman–Crippen MR) is 104 cm³/mol. The lowest BCUT2D eigenvalue weighted by atomic mass is 9.92. The Kier molecular flexibility index (Phi) is 6.27. The topological polar surface area (TPSA) is 123 Å². The molecule has 27 heavy (non-hydrogen) atoms. The SMILES string of the molecule is CC1CC(C)CN(c2nc(NCCN3CCOCC3)nc(N)c2[N+](=O)[O-])C1. The number of nitrogens with two attached hydrogens (primary N) is 1. The van der Waals surface area contributed by atoms with Gasteiger partial charge in [0.1, 0.15) is 0 Å². The molecule has 0 bridgehead atoms. The Morgan fingerprint density at radius 3 is 2.56 bits per heavy atom. The smallest absolute Gasteiger partial charge is 0.353 e. The number of nitrogen functional groups attached to an aromatic ring is 1. The van der Waals surface area contributed by atoms with E-state index in [1.807, 2.05) is 4.90 Å². The van der Waals surface area contributed by atoms with Crippen molar-refractivity contribution in [1.29, 1.82) is 0 Å². The molecule has 10 heteroatoms. The van der Waals surface area contributed by atoms with Crippen LogP contribution in [-0.4, -0.2) is 72.3 Å². The molecule has 0 aliphatic carbocycles. The summed E-state index contributed by atoms with van der Waals surface area (Å²) in [5.74, 6) is 1.46. The van der Waals surface area contributed by atoms with Crippen LogP contribution in [0.5, 0.6) is 0 Å². The average Bonchev–Trinajstić information content (AvgIpc) is 2.61. The summed E-state index contributed by atoms with van der Waals surface area (Å²) < 4.78 is 5.34. The van der Waals surface area contributed by atoms with E-state index in [1.165, 1.54) is 0 Å². The van der Waals surface area contributed by atoms with Gasteiger partial charge in [0.2, 0.25) is 17.6 Å². The summed E-state index contributed by atoms with van der Waals surface area (Å²) >= 11 is 0. The van der Waals surface area contributed by atoms with Crippen molar-refractivity contribution in [1.82, 2.24) is 14.9 Å². The molecule has 1 aromatic heterocycles. The molecule has 3 N–H and O–H groups in total. The lowest BCUT2D eigenvalue weighted by Gasteiger charge is -2.35. The largest absolute Gasteiger partial charge is 0.379 e. The van der Waals surface area contributed by atoms with E-state index in [4.69, 9.17) is 10.5 Å². The molecular formula is C17H29N7O3. The zero-order valence-corrected chi connectivity index (χ0v) is 16.1. The van der Waals surface area contributed by atoms with E-state index < -0.39 is 4.92 Å². The molecular weight excluding hydrogens is 350 g/mol. The molecule has 2 aliphatic rings. The second kappa shape index (κ2) is 8.66. The van der Waals surface area contributed by atoms with Crippen LogP contribution in [0.25, 0.3) is 0 Å². The van der Waals surface area contributed by atoms with Gasteiger partial charge in [-0.3, -0.25) is 15.0 Å². The fourth-order valence-electron chi connectivity index (χ4n) is 3.92. The summed E-state index contributed by atoms with van der Waals surface area (Å²) in [4.78, 5) is 23.9. The first-order valence-electron chi connectivity index (χ1n) is 9.55. The van der Waals surface area contributed by atoms with Crippen molar-refractivity contribution in [2.75, 3.05) is 68.4 Å². The van der Waals surface area contributed by atoms with E-state index in [9.17, 15) is 10.1 Å². The molecule has 0 radical (unpaired) electrons. The lowest BCUT2D eigenvalue weighted by molar-refractivity contribution is -0.383. The van der Waals surface area contributed by atoms with Crippen molar-refractivity contribution in [2.45, 2.75) is 20.3 Å². The van der Waals surface area contributed by atoms with Crippen molar-refractivity contribution in [3.8, 4) is 0 Å². The van der Waals surface area contributed by atoms with Gasteiger partial charge < -0.3 is 20.7 Å². The number of hydrogen-bond acceptors (Lipinski definition) is 9. The van der Waals surface area contributed by atoms with Crippen LogP contribution in [0.4, 0.5) is 23.3 Å². The van der Waals surface area contributed by atoms with E-state index in [2.05, 4.69) is 34.0 Å². The quantitative estimate of drug-likeness (QED) is 0.554. The number of morpholine rings is 1. The Bertz CT molecular complexity index is 656. The maximum atomic E-state index is 11.6. The highest BCUT2D eigenvalue weighted by Crippen LogP contribution is 2.35. The molecule has 2 fully saturated rings. The Labute approximate surface area is 159 Å². The van der Waals surface area contributed by atoms with Gasteiger partial charge in [0, 0.05) is 39.3 Å². The molecule has 2 unspecified atom stereocenters. The minimum absolute atomic E-state index is 0.0928. The fraction of sp³-hybridized carbons (Fsp3) is 0.765. The number of anilines is 3. The van der Waals surface area contributed by atoms with Crippen LogP contribution in [0.2, 0.25) is 0 Å². The Morgan fingerprint density at radius 1 is 1.26 bits per heavy atom. The Morgan fingerprint density at radius 2 is 1.93 bits per heavy atom. The van der Waals surface area contributed by atoms with Crippen molar-refractivity contribution in [2.24, 2.45) is 11.8 Å². The second-order valence-electron chi connectivity index (χ2n) is 7.59. The molecule has 2 saturated heterocycles. The van der Waals surface area contributed by atoms with Crippen LogP contribution < -0.4 is 16.0 Å². The number of nitrogens with zero attached hydrogens (tertiary/aromatic N) is 5. The fourth-order valence-corrected chi connectivity index (χ4v) is 3.92. The predicted octanol–water partition coefficient (Wildman–Crippen LogP) is 1.19. The van der Waals surface area contributed by atoms with Crippen molar-refractivity contribution in [3.63, 3.8) is 0 Å². The van der Waals surface area contributed by atoms with E-state index in [0.29, 0.717) is 30.1 Å². The zero-order chi connectivity index (χ0) is 19.4. The highest BCUT2D eigenvalue weighted by atomic mass is 16.6. The van der Waals surface area contributed by atoms with Gasteiger partial charge in [-0.1, -0.05) is 13.8 Å². The number of rotatable bonds is 6. The number of nitro groups is 1. The van der Waals surface area contributed by atoms with Gasteiger partial charge in [0.25, 0.3) is 0 Å². The number of nitrogens with one attached hydrogen (secondary N) is 1. The monoisotopic (exact) mass is 379 g/mol. The third kappa shape index (κ3) is 4.95. The summed E-state index contributed by atoms with van der Waals surface area (Å²) in [7, 11) is 0. The minimum Gasteiger partial charge on any atom is -0.379 e. The number of piperidine rings is 1. The van der Waals surface area contributed by atoms with Crippen molar-refractivity contribution < 1.29 is 9.66 Å². The third-order valence-electron chi connectivity index (χ3n) is 5.06. The van der Waals surface area contributed by atoms with E-state index in [-0.39, 0.29) is 11.5 Å². The standard InChI is InChI=1S/C17H29N7O3/c1-12-9-13(2)11-23(10-12)16-14(24(25)26)15(18)20-17(21-16)19-3-4-22-5-7-27-8-6-22/h12-13H,3-11H2,1-2H3,(H3,18,19,20,21). The van der Waals surface area contributed by atoms with E-state index >= 15 is 0 Å². The summed E-state index contributed by atoms with van der Waals surface area (Å²) in [6.07, 6.45) is 1.11. The van der Waals surface area contributed by atoms with Crippen LogP contribution in [0.3, 0.4) is 0 Å². The van der Waals surface area contributed by atoms with Gasteiger partial charge >= 0.3 is 5.69 Å². The molecule has 0 aromatic carbocycles. The van der Waals surface area contributed by atoms with Crippen LogP contribution in [0, 0.1) is 22.0 Å². The van der Waals surface area contributed by atoms with Crippen LogP contribution in [-0.2, 0) is 4.74 Å². The maximum Gasteiger partial charge on any atom is 0.353 e. The highest BCUT2D eigenvalue weighted by molar-refractivity contribution is 5.71. The van der Waals surface area contributed by atoms with Crippen molar-refractivity contribution >= 4 is 23.3 Å². The lowest BCUT2D eigenvalue weighted by Crippen LogP contribution is -2.40. The zero-order valence-electron chi connectivity index (χ0n) is 16.1. The first-order chi connectivity index (χ1) is 12.9. The first kappa shape index (κ1) is 19.6. The van der Waals surface area contributed by atoms with E-state index in [0.717, 1.165) is 52.4 Å². The molecule has 2 atom stereocenters. The molecule has 2 aliphatic heterocycles. The minimum atomic E-state index is -0.480. The van der Waals surface area contributed by atoms with Gasteiger partial charge in [0.15, 0.2) is 0 Å². The number of hydrogen-bond donors (Lipinski definition) is 2. The van der Waals surface area contributed by atoms with Gasteiger partial charge in [-0.25, -0.2) is 0 Å². The Balaban J connectivity index is 1.75. The molecule has 3 heterocycles. The van der Waals surface area contributed by atoms with Gasteiger partial charge in [-0.15, -0.1) is 0 Å². The molecule has 150 valence electrons. The van der Waals surface area contributed by atoms with Crippen molar-refractivity contribution in [3.05, 3.63) is 10.1 Å². The third-order valence-corrected chi connectivity index (χ3v) is 5.06. The first-order valence-corrected chi connectivity index (χ1v) is 9.55. The molecule has 10 nitrogen and oxygen atoms in total. The average molecular weight is 379 g/mol. The normalized spacial score (nSPS) is 24.0. The molecule has 0 amide bonds. The van der Waals surface area contributed by atoms with Crippen LogP contribution >= 0.6 is 0 Å². The molecule has 0 spiro atoms. The summed E-state index contributed by atoms with van der Waals surface area (Å²) in [6, 6.07) is 0. The molecule has 0 saturated carbocycles. The Hall–Kier alpha value is -2.20. The van der Waals surface area contributed by atoms with E-state index in [1.54, 1.807) is 0 Å². The summed E-state index contributed by atoms with van der Waals surface area (Å²) in [5.41, 5.74) is 5.73. The number of ether oxygens (including phenoxy) is 1. The van der Waals surface area contributed by atoms with Crippen LogP contribution in [0.15, 0.2) is 0 Å². The molecule has 3 rings (SSSR count). The maximum absolute atomic E-state index is 11.6. The number of aromatic nitrogens is 2.